The Balaban J connectivity index is 1.94. The summed E-state index contributed by atoms with van der Waals surface area (Å²) in [7, 11) is 0. The fourth-order valence-electron chi connectivity index (χ4n) is 1.82. The van der Waals surface area contributed by atoms with Gasteiger partial charge in [0.15, 0.2) is 0 Å². The molecule has 0 bridgehead atoms. The Morgan fingerprint density at radius 1 is 1.35 bits per heavy atom. The van der Waals surface area contributed by atoms with Crippen LogP contribution in [0.5, 0.6) is 0 Å². The molecule has 0 unspecified atom stereocenters. The Morgan fingerprint density at radius 3 is 2.95 bits per heavy atom. The van der Waals surface area contributed by atoms with E-state index in [1.807, 2.05) is 38.1 Å². The van der Waals surface area contributed by atoms with E-state index in [9.17, 15) is 4.79 Å². The maximum absolute atomic E-state index is 11.5. The van der Waals surface area contributed by atoms with Gasteiger partial charge in [-0.1, -0.05) is 24.6 Å². The Kier molecular flexibility index (Phi) is 4.87. The van der Waals surface area contributed by atoms with Crippen LogP contribution in [0.1, 0.15) is 31.2 Å². The minimum atomic E-state index is 0.0159. The van der Waals surface area contributed by atoms with Crippen molar-refractivity contribution in [2.45, 2.75) is 33.1 Å². The molecule has 2 rings (SSSR count). The summed E-state index contributed by atoms with van der Waals surface area (Å²) < 4.78 is 5.58. The normalized spacial score (nSPS) is 10.5. The molecular weight excluding hydrogens is 254 g/mol. The lowest BCUT2D eigenvalue weighted by Gasteiger charge is -2.00. The van der Waals surface area contributed by atoms with Crippen LogP contribution in [-0.2, 0) is 11.2 Å². The molecule has 2 aromatic rings. The van der Waals surface area contributed by atoms with E-state index in [1.54, 1.807) is 0 Å². The molecule has 0 radical (unpaired) electrons. The Morgan fingerprint density at radius 2 is 2.20 bits per heavy atom. The van der Waals surface area contributed by atoms with Gasteiger partial charge in [-0.25, -0.2) is 0 Å². The van der Waals surface area contributed by atoms with Gasteiger partial charge in [-0.05, 0) is 25.5 Å². The lowest BCUT2D eigenvalue weighted by molar-refractivity contribution is -0.121. The zero-order valence-corrected chi connectivity index (χ0v) is 11.8. The van der Waals surface area contributed by atoms with Gasteiger partial charge in [0.2, 0.25) is 17.7 Å². The predicted octanol–water partition coefficient (Wildman–Crippen LogP) is 2.50. The second-order valence-electron chi connectivity index (χ2n) is 4.72. The molecule has 0 aliphatic carbocycles. The van der Waals surface area contributed by atoms with Crippen molar-refractivity contribution in [2.75, 3.05) is 6.54 Å². The maximum Gasteiger partial charge on any atom is 0.247 e. The van der Waals surface area contributed by atoms with Crippen molar-refractivity contribution < 1.29 is 9.21 Å². The van der Waals surface area contributed by atoms with E-state index in [-0.39, 0.29) is 5.91 Å². The van der Waals surface area contributed by atoms with Gasteiger partial charge in [0.1, 0.15) is 0 Å². The number of nitrogens with zero attached hydrogens (tertiary/aromatic N) is 2. The number of carbonyl (C=O) groups is 1. The molecule has 1 aromatic heterocycles. The summed E-state index contributed by atoms with van der Waals surface area (Å²) in [6.07, 6.45) is 1.77. The highest BCUT2D eigenvalue weighted by atomic mass is 16.4. The number of aryl methyl sites for hydroxylation is 2. The van der Waals surface area contributed by atoms with E-state index < -0.39 is 0 Å². The fraction of sp³-hybridized carbons (Fsp3) is 0.400. The van der Waals surface area contributed by atoms with Crippen LogP contribution in [0.15, 0.2) is 28.7 Å². The Labute approximate surface area is 118 Å². The first-order valence-electron chi connectivity index (χ1n) is 6.85. The van der Waals surface area contributed by atoms with Crippen molar-refractivity contribution in [1.82, 2.24) is 15.5 Å². The van der Waals surface area contributed by atoms with Crippen molar-refractivity contribution in [3.63, 3.8) is 0 Å². The summed E-state index contributed by atoms with van der Waals surface area (Å²) in [5, 5.41) is 10.8. The summed E-state index contributed by atoms with van der Waals surface area (Å²) in [5.41, 5.74) is 2.04. The molecule has 1 heterocycles. The average molecular weight is 273 g/mol. The molecule has 0 saturated carbocycles. The van der Waals surface area contributed by atoms with Gasteiger partial charge in [-0.2, -0.15) is 0 Å². The van der Waals surface area contributed by atoms with Crippen LogP contribution in [-0.4, -0.2) is 22.6 Å². The average Bonchev–Trinajstić information content (AvgIpc) is 2.92. The topological polar surface area (TPSA) is 68.0 Å². The van der Waals surface area contributed by atoms with Crippen LogP contribution in [0, 0.1) is 6.92 Å². The highest BCUT2D eigenvalue weighted by Crippen LogP contribution is 2.19. The fourth-order valence-corrected chi connectivity index (χ4v) is 1.82. The second kappa shape index (κ2) is 6.84. The Bertz CT molecular complexity index is 578. The molecular formula is C15H19N3O2. The zero-order valence-electron chi connectivity index (χ0n) is 11.8. The summed E-state index contributed by atoms with van der Waals surface area (Å²) in [4.78, 5) is 11.5. The second-order valence-corrected chi connectivity index (χ2v) is 4.72. The van der Waals surface area contributed by atoms with Gasteiger partial charge < -0.3 is 9.73 Å². The number of hydrogen-bond acceptors (Lipinski definition) is 4. The van der Waals surface area contributed by atoms with E-state index in [2.05, 4.69) is 15.5 Å². The van der Waals surface area contributed by atoms with Gasteiger partial charge in [0.25, 0.3) is 0 Å². The van der Waals surface area contributed by atoms with Gasteiger partial charge >= 0.3 is 0 Å². The summed E-state index contributed by atoms with van der Waals surface area (Å²) in [6, 6.07) is 7.88. The first-order chi connectivity index (χ1) is 9.69. The molecule has 0 spiro atoms. The third-order valence-corrected chi connectivity index (χ3v) is 2.87. The summed E-state index contributed by atoms with van der Waals surface area (Å²) in [5.74, 6) is 1.01. The van der Waals surface area contributed by atoms with Crippen molar-refractivity contribution in [2.24, 2.45) is 0 Å². The van der Waals surface area contributed by atoms with Crippen LogP contribution in [0.4, 0.5) is 0 Å². The summed E-state index contributed by atoms with van der Waals surface area (Å²) in [6.45, 7) is 4.74. The van der Waals surface area contributed by atoms with Gasteiger partial charge in [0, 0.05) is 24.9 Å². The first-order valence-corrected chi connectivity index (χ1v) is 6.85. The van der Waals surface area contributed by atoms with Crippen molar-refractivity contribution in [3.05, 3.63) is 35.7 Å². The number of nitrogens with one attached hydrogen (secondary N) is 1. The lowest BCUT2D eigenvalue weighted by atomic mass is 10.1. The van der Waals surface area contributed by atoms with Crippen molar-refractivity contribution >= 4 is 5.91 Å². The number of rotatable bonds is 6. The quantitative estimate of drug-likeness (QED) is 0.878. The molecule has 0 aliphatic rings. The van der Waals surface area contributed by atoms with E-state index in [0.717, 1.165) is 17.5 Å². The number of benzene rings is 1. The van der Waals surface area contributed by atoms with Gasteiger partial charge in [-0.3, -0.25) is 4.79 Å². The SMILES string of the molecule is CCCNC(=O)CCc1nnc(-c2cccc(C)c2)o1. The highest BCUT2D eigenvalue weighted by molar-refractivity contribution is 5.75. The predicted molar refractivity (Wildman–Crippen MR) is 76.1 cm³/mol. The standard InChI is InChI=1S/C15H19N3O2/c1-3-9-16-13(19)7-8-14-17-18-15(20-14)12-6-4-5-11(2)10-12/h4-6,10H,3,7-9H2,1-2H3,(H,16,19). The largest absolute Gasteiger partial charge is 0.421 e. The van der Waals surface area contributed by atoms with E-state index in [0.29, 0.717) is 31.2 Å². The molecule has 1 amide bonds. The van der Waals surface area contributed by atoms with Gasteiger partial charge in [0.05, 0.1) is 0 Å². The first kappa shape index (κ1) is 14.2. The maximum atomic E-state index is 11.5. The number of hydrogen-bond donors (Lipinski definition) is 1. The van der Waals surface area contributed by atoms with Gasteiger partial charge in [-0.15, -0.1) is 10.2 Å². The zero-order chi connectivity index (χ0) is 14.4. The van der Waals surface area contributed by atoms with Crippen LogP contribution < -0.4 is 5.32 Å². The van der Waals surface area contributed by atoms with Crippen molar-refractivity contribution in [3.8, 4) is 11.5 Å². The van der Waals surface area contributed by atoms with Crippen LogP contribution in [0.25, 0.3) is 11.5 Å². The number of amides is 1. The molecule has 1 N–H and O–H groups in total. The van der Waals surface area contributed by atoms with E-state index in [4.69, 9.17) is 4.42 Å². The highest BCUT2D eigenvalue weighted by Gasteiger charge is 2.10. The molecule has 0 atom stereocenters. The number of carbonyl (C=O) groups excluding carboxylic acids is 1. The van der Waals surface area contributed by atoms with Crippen LogP contribution in [0.3, 0.4) is 0 Å². The number of aromatic nitrogens is 2. The van der Waals surface area contributed by atoms with Crippen molar-refractivity contribution in [1.29, 1.82) is 0 Å². The molecule has 20 heavy (non-hydrogen) atoms. The molecule has 5 heteroatoms. The molecule has 0 saturated heterocycles. The van der Waals surface area contributed by atoms with Crippen LogP contribution >= 0.6 is 0 Å². The Hall–Kier alpha value is -2.17. The summed E-state index contributed by atoms with van der Waals surface area (Å²) >= 11 is 0. The molecule has 0 aliphatic heterocycles. The molecule has 0 fully saturated rings. The third-order valence-electron chi connectivity index (χ3n) is 2.87. The third kappa shape index (κ3) is 3.91. The van der Waals surface area contributed by atoms with E-state index in [1.165, 1.54) is 0 Å². The molecule has 1 aromatic carbocycles. The minimum absolute atomic E-state index is 0.0159. The lowest BCUT2D eigenvalue weighted by Crippen LogP contribution is -2.24. The molecule has 106 valence electrons. The van der Waals surface area contributed by atoms with E-state index >= 15 is 0 Å². The monoisotopic (exact) mass is 273 g/mol. The minimum Gasteiger partial charge on any atom is -0.421 e. The van der Waals surface area contributed by atoms with Crippen LogP contribution in [0.2, 0.25) is 0 Å². The molecule has 5 nitrogen and oxygen atoms in total. The smallest absolute Gasteiger partial charge is 0.247 e.